The Labute approximate surface area is 44.4 Å². The second kappa shape index (κ2) is 2.11. The van der Waals surface area contributed by atoms with Crippen LogP contribution >= 0.6 is 0 Å². The summed E-state index contributed by atoms with van der Waals surface area (Å²) in [6.07, 6.45) is 0. The fourth-order valence-electron chi connectivity index (χ4n) is 0. The van der Waals surface area contributed by atoms with Gasteiger partial charge in [0, 0.05) is 0 Å². The molecule has 0 aliphatic carbocycles. The molecule has 0 spiro atoms. The van der Waals surface area contributed by atoms with Crippen molar-refractivity contribution in [1.29, 1.82) is 0 Å². The van der Waals surface area contributed by atoms with Crippen molar-refractivity contribution in [1.82, 2.24) is 0 Å². The zero-order valence-electron chi connectivity index (χ0n) is 3.27. The molecule has 0 aliphatic heterocycles. The first-order valence-corrected chi connectivity index (χ1v) is 8.98. The monoisotopic (exact) mass is 182 g/mol. The van der Waals surface area contributed by atoms with Gasteiger partial charge in [-0.05, 0) is 0 Å². The van der Waals surface area contributed by atoms with Gasteiger partial charge in [-0.2, -0.15) is 0 Å². The molecule has 0 radical (unpaired) electrons. The van der Waals surface area contributed by atoms with Gasteiger partial charge in [-0.15, -0.1) is 0 Å². The molecular weight excluding hydrogens is 181 g/mol. The van der Waals surface area contributed by atoms with Crippen LogP contribution in [0.2, 0.25) is 0 Å². The molecule has 0 saturated carbocycles. The minimum absolute atomic E-state index is 3.99. The Balaban J connectivity index is 4.10. The third kappa shape index (κ3) is 3.02. The topological polar surface area (TPSA) is 60.2 Å². The molecule has 0 bridgehead atoms. The number of halogens is 2. The van der Waals surface area contributed by atoms with Crippen molar-refractivity contribution in [2.24, 2.45) is 5.14 Å². The number of rotatable bonds is 1. The van der Waals surface area contributed by atoms with Crippen LogP contribution in [0.4, 0.5) is 6.63 Å². The quantitative estimate of drug-likeness (QED) is 0.561. The number of hydrogen-bond acceptors (Lipinski definition) is 2. The molecule has 0 heterocycles. The Kier molecular flexibility index (Phi) is 2.23. The van der Waals surface area contributed by atoms with Crippen LogP contribution in [0.5, 0.6) is 0 Å². The Hall–Kier alpha value is 0.393. The molecule has 0 amide bonds. The van der Waals surface area contributed by atoms with E-state index in [1.807, 2.05) is 0 Å². The Bertz CT molecular complexity index is 138. The first-order valence-electron chi connectivity index (χ1n) is 1.39. The average Bonchev–Trinajstić information content (AvgIpc) is 1.31. The first kappa shape index (κ1) is 7.39. The molecule has 7 heavy (non-hydrogen) atoms. The molecule has 7 heteroatoms. The Morgan fingerprint density at radius 1 is 1.43 bits per heavy atom. The van der Waals surface area contributed by atoms with Gasteiger partial charge in [0.05, 0.1) is 0 Å². The maximum absolute atomic E-state index is 11.0. The summed E-state index contributed by atoms with van der Waals surface area (Å²) in [6, 6.07) is 0. The molecule has 0 aromatic rings. The van der Waals surface area contributed by atoms with Crippen LogP contribution in [-0.2, 0) is 23.7 Å². The normalized spacial score (nSPS) is 11.3. The second-order valence-corrected chi connectivity index (χ2v) is 11.0. The van der Waals surface area contributed by atoms with Gasteiger partial charge < -0.3 is 0 Å². The predicted molar refractivity (Wildman–Crippen MR) is 15.3 cm³/mol. The molecule has 0 rings (SSSR count). The molecule has 0 unspecified atom stereocenters. The van der Waals surface area contributed by atoms with Crippen molar-refractivity contribution in [3.8, 4) is 0 Å². The summed E-state index contributed by atoms with van der Waals surface area (Å²) >= 11 is -5.19. The zero-order chi connectivity index (χ0) is 6.08. The van der Waals surface area contributed by atoms with Crippen molar-refractivity contribution >= 4 is 8.01 Å². The van der Waals surface area contributed by atoms with Crippen LogP contribution in [0.15, 0.2) is 0 Å². The molecule has 3 nitrogen and oxygen atoms in total. The maximum atomic E-state index is 11.0. The van der Waals surface area contributed by atoms with Gasteiger partial charge in [0.25, 0.3) is 0 Å². The van der Waals surface area contributed by atoms with E-state index < -0.39 is 23.7 Å². The third-order valence-electron chi connectivity index (χ3n) is 0.304. The van der Waals surface area contributed by atoms with Crippen LogP contribution in [0.1, 0.15) is 0 Å². The van der Waals surface area contributed by atoms with Crippen LogP contribution in [0.3, 0.4) is 0 Å². The van der Waals surface area contributed by atoms with Crippen LogP contribution < -0.4 is 5.14 Å². The molecule has 2 N–H and O–H groups in total. The van der Waals surface area contributed by atoms with Crippen molar-refractivity contribution in [3.05, 3.63) is 0 Å². The van der Waals surface area contributed by atoms with E-state index in [0.29, 0.717) is 0 Å². The van der Waals surface area contributed by atoms with Crippen molar-refractivity contribution in [2.45, 2.75) is 0 Å². The zero-order valence-corrected chi connectivity index (χ0v) is 7.05. The van der Waals surface area contributed by atoms with Gasteiger partial charge in [-0.3, -0.25) is 0 Å². The second-order valence-electron chi connectivity index (χ2n) is 0.982. The first-order chi connectivity index (χ1) is 2.94. The fraction of sp³-hybridized carbons (Fsp3) is 0. The summed E-state index contributed by atoms with van der Waals surface area (Å²) in [5, 5.41) is 3.99. The summed E-state index contributed by atoms with van der Waals surface area (Å²) in [7, 11) is -4.37. The minimum atomic E-state index is -5.19. The van der Waals surface area contributed by atoms with E-state index in [-0.39, 0.29) is 0 Å². The van der Waals surface area contributed by atoms with E-state index in [4.69, 9.17) is 0 Å². The van der Waals surface area contributed by atoms with E-state index in [1.165, 1.54) is 0 Å². The van der Waals surface area contributed by atoms with E-state index >= 15 is 0 Å². The summed E-state index contributed by atoms with van der Waals surface area (Å²) in [6.45, 7) is 0. The molecule has 0 aromatic heterocycles. The molecular formula is H2F2NO2SZn. The number of hydrogen-bond donors (Lipinski definition) is 1. The standard InChI is InChI=1S/2FH.H2NO2S.Zn/c;;1-4(2)3;/h2*1H;(H2,1,2,3);/q;;;+2/p-2. The molecule has 0 saturated heterocycles. The van der Waals surface area contributed by atoms with E-state index in [2.05, 4.69) is 5.14 Å². The molecule has 0 fully saturated rings. The molecule has 0 aliphatic rings. The van der Waals surface area contributed by atoms with Gasteiger partial charge in [-0.25, -0.2) is 0 Å². The van der Waals surface area contributed by atoms with E-state index in [9.17, 15) is 15.1 Å². The van der Waals surface area contributed by atoms with Gasteiger partial charge in [0.2, 0.25) is 0 Å². The van der Waals surface area contributed by atoms with Gasteiger partial charge in [0.15, 0.2) is 0 Å². The summed E-state index contributed by atoms with van der Waals surface area (Å²) in [4.78, 5) is 0. The average molecular weight is 183 g/mol. The number of nitrogens with two attached hydrogens (primary N) is 1. The SMILES string of the molecule is N[S](=O)(=O)[Zn]([F])[F]. The fourth-order valence-corrected chi connectivity index (χ4v) is 0. The molecule has 41 valence electrons. The van der Waals surface area contributed by atoms with Gasteiger partial charge in [0.1, 0.15) is 0 Å². The van der Waals surface area contributed by atoms with Gasteiger partial charge >= 0.3 is 43.9 Å². The van der Waals surface area contributed by atoms with Crippen LogP contribution in [0, 0.1) is 0 Å². The van der Waals surface area contributed by atoms with Crippen LogP contribution in [0.25, 0.3) is 0 Å². The third-order valence-corrected chi connectivity index (χ3v) is 4.74. The Morgan fingerprint density at radius 2 is 1.57 bits per heavy atom. The van der Waals surface area contributed by atoms with Crippen molar-refractivity contribution < 1.29 is 30.8 Å². The van der Waals surface area contributed by atoms with Gasteiger partial charge in [-0.1, -0.05) is 0 Å². The molecule has 0 atom stereocenters. The predicted octanol–water partition coefficient (Wildman–Crippen LogP) is -0.423. The molecule has 0 aromatic carbocycles. The van der Waals surface area contributed by atoms with E-state index in [1.54, 1.807) is 0 Å². The van der Waals surface area contributed by atoms with Crippen molar-refractivity contribution in [3.63, 3.8) is 0 Å². The Morgan fingerprint density at radius 3 is 1.57 bits per heavy atom. The summed E-state index contributed by atoms with van der Waals surface area (Å²) in [5.41, 5.74) is 0. The van der Waals surface area contributed by atoms with Crippen LogP contribution in [-0.4, -0.2) is 8.42 Å². The summed E-state index contributed by atoms with van der Waals surface area (Å²) < 4.78 is 41.0. The van der Waals surface area contributed by atoms with Crippen molar-refractivity contribution in [2.75, 3.05) is 0 Å². The summed E-state index contributed by atoms with van der Waals surface area (Å²) in [5.74, 6) is 0. The van der Waals surface area contributed by atoms with E-state index in [0.717, 1.165) is 0 Å².